The van der Waals surface area contributed by atoms with Crippen molar-refractivity contribution in [2.24, 2.45) is 0 Å². The van der Waals surface area contributed by atoms with Crippen molar-refractivity contribution >= 4 is 33.4 Å². The summed E-state index contributed by atoms with van der Waals surface area (Å²) in [6.07, 6.45) is 38.5. The summed E-state index contributed by atoms with van der Waals surface area (Å²) in [4.78, 5) is 61.9. The van der Waals surface area contributed by atoms with Gasteiger partial charge in [0.15, 0.2) is 12.3 Å². The SMILES string of the molecule is CCCCC/C=C\C/C=C\C/C=C\CCCCCCC(=O)OC[C@H](COP(=O)(O)OP(=O)(O)OC[C@H]1O[C@@H](n2ccc(N)nc2=O)[C@H](O)[C@@H]1O)OC(=O)CCC/C=C\C/C=C\C/C=C\C=C\[C@@H](O)CCCCC. The number of hydrogen-bond donors (Lipinski definition) is 6. The van der Waals surface area contributed by atoms with Gasteiger partial charge in [-0.15, -0.1) is 0 Å². The Kier molecular flexibility index (Phi) is 35.0. The summed E-state index contributed by atoms with van der Waals surface area (Å²) in [5.74, 6) is -1.43. The molecule has 1 aliphatic heterocycles. The van der Waals surface area contributed by atoms with E-state index in [0.717, 1.165) is 87.8 Å². The van der Waals surface area contributed by atoms with Crippen molar-refractivity contribution in [2.75, 3.05) is 25.6 Å². The molecule has 21 heteroatoms. The first-order chi connectivity index (χ1) is 35.1. The number of ether oxygens (including phenoxy) is 3. The van der Waals surface area contributed by atoms with E-state index in [1.807, 2.05) is 42.5 Å². The van der Waals surface area contributed by atoms with Crippen LogP contribution in [0.15, 0.2) is 102 Å². The first kappa shape index (κ1) is 65.0. The van der Waals surface area contributed by atoms with E-state index in [2.05, 4.69) is 59.6 Å². The summed E-state index contributed by atoms with van der Waals surface area (Å²) in [6.45, 7) is 1.91. The van der Waals surface area contributed by atoms with Crippen LogP contribution in [-0.2, 0) is 46.3 Å². The monoisotopic (exact) mass is 1070 g/mol. The largest absolute Gasteiger partial charge is 0.481 e. The Morgan fingerprint density at radius 1 is 0.726 bits per heavy atom. The standard InChI is InChI=1S/C52H83N3O16P2/c1-3-5-7-8-9-10-11-12-13-14-15-16-19-22-25-28-32-36-47(57)66-40-44(69-48(58)37-33-29-26-23-20-17-18-21-24-27-31-35-43(56)34-30-6-4-2)41-67-72(62,63)71-73(64,65)68-42-45-49(59)50(60)51(70-45)55-39-38-46(53)54-52(55)61/h9-10,12-13,15-18,23-24,26-27,31,35,38-39,43-45,49-51,56,59-60H,3-8,11,14,19-22,25,28-30,32-34,36-37,40-42H2,1-2H3,(H,62,63)(H,64,65)(H2,53,54,61)/b10-9-,13-12-,16-15-,18-17-,26-23-,27-24-,35-31+/t43-,44+,45+,49+,50+,51+/m0/s1. The van der Waals surface area contributed by atoms with Gasteiger partial charge in [-0.2, -0.15) is 9.29 Å². The van der Waals surface area contributed by atoms with Crippen LogP contribution in [0.2, 0.25) is 0 Å². The van der Waals surface area contributed by atoms with E-state index in [0.29, 0.717) is 25.7 Å². The number of nitrogens with two attached hydrogens (primary N) is 1. The molecule has 0 saturated carbocycles. The number of aliphatic hydroxyl groups is 3. The number of nitrogens with zero attached hydrogens (tertiary/aromatic N) is 2. The van der Waals surface area contributed by atoms with Gasteiger partial charge in [-0.25, -0.2) is 13.9 Å². The molecule has 0 radical (unpaired) electrons. The molecule has 19 nitrogen and oxygen atoms in total. The molecule has 412 valence electrons. The molecule has 0 amide bonds. The van der Waals surface area contributed by atoms with Gasteiger partial charge in [0, 0.05) is 19.0 Å². The maximum atomic E-state index is 12.9. The molecule has 0 bridgehead atoms. The van der Waals surface area contributed by atoms with Crippen LogP contribution in [0.4, 0.5) is 5.82 Å². The predicted octanol–water partition coefficient (Wildman–Crippen LogP) is 9.64. The Labute approximate surface area is 431 Å². The van der Waals surface area contributed by atoms with Crippen molar-refractivity contribution in [3.05, 3.63) is 108 Å². The highest BCUT2D eigenvalue weighted by Gasteiger charge is 2.46. The Bertz CT molecular complexity index is 2070. The minimum Gasteiger partial charge on any atom is -0.462 e. The second-order valence-corrected chi connectivity index (χ2v) is 20.6. The molecule has 1 aromatic rings. The summed E-state index contributed by atoms with van der Waals surface area (Å²) in [5, 5.41) is 30.9. The van der Waals surface area contributed by atoms with E-state index in [1.54, 1.807) is 6.08 Å². The number of carbonyl (C=O) groups excluding carboxylic acids is 2. The Balaban J connectivity index is 1.85. The summed E-state index contributed by atoms with van der Waals surface area (Å²) in [5.41, 5.74) is 4.57. The van der Waals surface area contributed by atoms with Gasteiger partial charge in [-0.3, -0.25) is 23.2 Å². The quantitative estimate of drug-likeness (QED) is 0.0117. The van der Waals surface area contributed by atoms with Crippen molar-refractivity contribution in [2.45, 2.75) is 185 Å². The maximum absolute atomic E-state index is 12.9. The molecule has 1 aliphatic rings. The molecular weight excluding hydrogens is 985 g/mol. The number of aliphatic hydroxyl groups excluding tert-OH is 3. The normalized spacial score (nSPS) is 20.1. The molecule has 8 atom stereocenters. The van der Waals surface area contributed by atoms with Gasteiger partial charge >= 0.3 is 33.3 Å². The van der Waals surface area contributed by atoms with Crippen LogP contribution in [0, 0.1) is 0 Å². The zero-order valence-electron chi connectivity index (χ0n) is 42.8. The van der Waals surface area contributed by atoms with Crippen LogP contribution in [0.5, 0.6) is 0 Å². The van der Waals surface area contributed by atoms with Crippen LogP contribution in [-0.4, -0.2) is 96.9 Å². The molecule has 1 saturated heterocycles. The molecular formula is C52H83N3O16P2. The van der Waals surface area contributed by atoms with Gasteiger partial charge < -0.3 is 45.1 Å². The van der Waals surface area contributed by atoms with E-state index in [4.69, 9.17) is 29.0 Å². The fraction of sp³-hybridized carbons (Fsp3) is 0.615. The fourth-order valence-electron chi connectivity index (χ4n) is 7.01. The van der Waals surface area contributed by atoms with Crippen molar-refractivity contribution in [3.8, 4) is 0 Å². The van der Waals surface area contributed by atoms with Gasteiger partial charge in [0.2, 0.25) is 0 Å². The van der Waals surface area contributed by atoms with E-state index in [-0.39, 0.29) is 18.7 Å². The highest BCUT2D eigenvalue weighted by Crippen LogP contribution is 2.60. The number of hydrogen-bond acceptors (Lipinski definition) is 16. The van der Waals surface area contributed by atoms with E-state index in [1.165, 1.54) is 25.3 Å². The average Bonchev–Trinajstić information content (AvgIpc) is 3.62. The molecule has 73 heavy (non-hydrogen) atoms. The number of anilines is 1. The number of phosphoric ester groups is 2. The molecule has 0 spiro atoms. The van der Waals surface area contributed by atoms with Gasteiger partial charge in [0.05, 0.1) is 19.3 Å². The highest BCUT2D eigenvalue weighted by atomic mass is 31.3. The van der Waals surface area contributed by atoms with Crippen molar-refractivity contribution < 1.29 is 71.4 Å². The van der Waals surface area contributed by atoms with Crippen molar-refractivity contribution in [1.29, 1.82) is 0 Å². The summed E-state index contributed by atoms with van der Waals surface area (Å²) >= 11 is 0. The Morgan fingerprint density at radius 2 is 1.29 bits per heavy atom. The van der Waals surface area contributed by atoms with Crippen LogP contribution >= 0.6 is 15.6 Å². The number of unbranched alkanes of at least 4 members (excludes halogenated alkanes) is 10. The number of aromatic nitrogens is 2. The molecule has 1 aromatic heterocycles. The number of carbonyl (C=O) groups is 2. The topological polar surface area (TPSA) is 286 Å². The Morgan fingerprint density at radius 3 is 1.93 bits per heavy atom. The molecule has 7 N–H and O–H groups in total. The number of phosphoric acid groups is 2. The van der Waals surface area contributed by atoms with E-state index < -0.39 is 89.8 Å². The second kappa shape index (κ2) is 39.3. The molecule has 2 unspecified atom stereocenters. The minimum absolute atomic E-state index is 0.0555. The zero-order valence-corrected chi connectivity index (χ0v) is 44.6. The lowest BCUT2D eigenvalue weighted by molar-refractivity contribution is -0.161. The third-order valence-corrected chi connectivity index (χ3v) is 13.7. The minimum atomic E-state index is -5.45. The number of nitrogen functional groups attached to an aromatic ring is 1. The van der Waals surface area contributed by atoms with Crippen molar-refractivity contribution in [1.82, 2.24) is 9.55 Å². The summed E-state index contributed by atoms with van der Waals surface area (Å²) < 4.78 is 56.7. The van der Waals surface area contributed by atoms with Crippen LogP contribution in [0.25, 0.3) is 0 Å². The third-order valence-electron chi connectivity index (χ3n) is 11.1. The van der Waals surface area contributed by atoms with E-state index >= 15 is 0 Å². The van der Waals surface area contributed by atoms with Crippen LogP contribution in [0.1, 0.15) is 155 Å². The second-order valence-electron chi connectivity index (χ2n) is 17.5. The summed E-state index contributed by atoms with van der Waals surface area (Å²) in [6, 6.07) is 1.24. The molecule has 2 rings (SSSR count). The van der Waals surface area contributed by atoms with Crippen LogP contribution < -0.4 is 11.4 Å². The Hall–Kier alpha value is -4.10. The smallest absolute Gasteiger partial charge is 0.462 e. The van der Waals surface area contributed by atoms with Gasteiger partial charge in [0.1, 0.15) is 30.7 Å². The first-order valence-electron chi connectivity index (χ1n) is 25.7. The zero-order chi connectivity index (χ0) is 53.6. The lowest BCUT2D eigenvalue weighted by Gasteiger charge is -2.21. The lowest BCUT2D eigenvalue weighted by atomic mass is 10.1. The molecule has 1 fully saturated rings. The summed E-state index contributed by atoms with van der Waals surface area (Å²) in [7, 11) is -10.9. The molecule has 0 aliphatic carbocycles. The predicted molar refractivity (Wildman–Crippen MR) is 281 cm³/mol. The fourth-order valence-corrected chi connectivity index (χ4v) is 9.12. The average molecular weight is 1070 g/mol. The van der Waals surface area contributed by atoms with Gasteiger partial charge in [-0.1, -0.05) is 144 Å². The number of rotatable bonds is 41. The molecule has 2 heterocycles. The highest BCUT2D eigenvalue weighted by molar-refractivity contribution is 7.61. The maximum Gasteiger partial charge on any atom is 0.481 e. The lowest BCUT2D eigenvalue weighted by Crippen LogP contribution is -2.36. The van der Waals surface area contributed by atoms with Crippen molar-refractivity contribution in [3.63, 3.8) is 0 Å². The van der Waals surface area contributed by atoms with Gasteiger partial charge in [0.25, 0.3) is 0 Å². The third kappa shape index (κ3) is 32.1. The number of esters is 2. The molecule has 0 aromatic carbocycles. The van der Waals surface area contributed by atoms with Gasteiger partial charge in [-0.05, 0) is 83.1 Å². The number of allylic oxidation sites excluding steroid dienone is 13. The van der Waals surface area contributed by atoms with Crippen LogP contribution in [0.3, 0.4) is 0 Å². The van der Waals surface area contributed by atoms with E-state index in [9.17, 15) is 48.6 Å². The first-order valence-corrected chi connectivity index (χ1v) is 28.7.